The average molecular weight is 379 g/mol. The Hall–Kier alpha value is -0.330. The van der Waals surface area contributed by atoms with Gasteiger partial charge in [0.25, 0.3) is 0 Å². The van der Waals surface area contributed by atoms with Gasteiger partial charge in [0.05, 0.1) is 11.5 Å². The smallest absolute Gasteiger partial charge is 0.355 e. The highest BCUT2D eigenvalue weighted by Crippen LogP contribution is 2.65. The van der Waals surface area contributed by atoms with Gasteiger partial charge in [-0.2, -0.15) is 8.42 Å². The van der Waals surface area contributed by atoms with Gasteiger partial charge in [-0.05, 0) is 67.6 Å². The zero-order valence-electron chi connectivity index (χ0n) is 14.5. The monoisotopic (exact) mass is 378 g/mol. The Balaban J connectivity index is 1.92. The minimum Gasteiger partial charge on any atom is -0.481 e. The second kappa shape index (κ2) is 5.85. The molecule has 6 atom stereocenters. The van der Waals surface area contributed by atoms with Crippen LogP contribution >= 0.6 is 10.7 Å². The first kappa shape index (κ1) is 18.5. The zero-order chi connectivity index (χ0) is 17.9. The largest absolute Gasteiger partial charge is 0.481 e. The highest BCUT2D eigenvalue weighted by molar-refractivity contribution is 8.10. The molecule has 4 aliphatic carbocycles. The van der Waals surface area contributed by atoms with E-state index in [2.05, 4.69) is 20.8 Å². The number of hydrogen-bond acceptors (Lipinski definition) is 4. The van der Waals surface area contributed by atoms with E-state index in [9.17, 15) is 18.3 Å². The topological polar surface area (TPSA) is 80.7 Å². The summed E-state index contributed by atoms with van der Waals surface area (Å²) in [5, 5.41) is 10.0. The molecule has 5 nitrogen and oxygen atoms in total. The third kappa shape index (κ3) is 3.34. The molecule has 4 fully saturated rings. The van der Waals surface area contributed by atoms with Crippen LogP contribution in [0.3, 0.4) is 0 Å². The summed E-state index contributed by atoms with van der Waals surface area (Å²) in [6.07, 6.45) is 4.21. The lowest BCUT2D eigenvalue weighted by Crippen LogP contribution is -2.62. The van der Waals surface area contributed by atoms with Crippen LogP contribution in [-0.4, -0.2) is 25.6 Å². The molecule has 1 N–H and O–H groups in total. The van der Waals surface area contributed by atoms with Crippen molar-refractivity contribution in [2.24, 2.45) is 34.5 Å². The van der Waals surface area contributed by atoms with Gasteiger partial charge in [0.2, 0.25) is 0 Å². The lowest BCUT2D eigenvalue weighted by atomic mass is 9.43. The van der Waals surface area contributed by atoms with Crippen molar-refractivity contribution in [1.29, 1.82) is 0 Å². The first-order chi connectivity index (χ1) is 10.9. The summed E-state index contributed by atoms with van der Waals surface area (Å²) in [5.41, 5.74) is -0.596. The Kier molecular flexibility index (Phi) is 4.50. The minimum atomic E-state index is -4.05. The van der Waals surface area contributed by atoms with Gasteiger partial charge in [0.15, 0.2) is 0 Å². The van der Waals surface area contributed by atoms with Gasteiger partial charge in [-0.1, -0.05) is 20.8 Å². The molecule has 4 saturated carbocycles. The quantitative estimate of drug-likeness (QED) is 0.735. The highest BCUT2D eigenvalue weighted by atomic mass is 35.7. The summed E-state index contributed by atoms with van der Waals surface area (Å²) in [6.45, 7) is 6.44. The number of carbonyl (C=O) groups is 1. The second-order valence-corrected chi connectivity index (χ2v) is 11.4. The molecule has 24 heavy (non-hydrogen) atoms. The van der Waals surface area contributed by atoms with Gasteiger partial charge in [-0.3, -0.25) is 8.98 Å². The minimum absolute atomic E-state index is 0.0157. The first-order valence-electron chi connectivity index (χ1n) is 8.77. The van der Waals surface area contributed by atoms with Crippen LogP contribution in [0.15, 0.2) is 0 Å². The molecule has 4 bridgehead atoms. The predicted octanol–water partition coefficient (Wildman–Crippen LogP) is 3.82. The molecule has 0 aromatic heterocycles. The Morgan fingerprint density at radius 2 is 1.96 bits per heavy atom. The molecule has 0 heterocycles. The molecule has 7 heteroatoms. The predicted molar refractivity (Wildman–Crippen MR) is 90.8 cm³/mol. The summed E-state index contributed by atoms with van der Waals surface area (Å²) < 4.78 is 28.2. The van der Waals surface area contributed by atoms with E-state index in [1.165, 1.54) is 0 Å². The van der Waals surface area contributed by atoms with Crippen molar-refractivity contribution in [2.75, 3.05) is 0 Å². The fraction of sp³-hybridized carbons (Fsp3) is 0.941. The van der Waals surface area contributed by atoms with E-state index >= 15 is 0 Å². The van der Waals surface area contributed by atoms with Gasteiger partial charge in [-0.25, -0.2) is 0 Å². The van der Waals surface area contributed by atoms with Crippen LogP contribution in [0.1, 0.15) is 59.3 Å². The summed E-state index contributed by atoms with van der Waals surface area (Å²) in [7, 11) is 1.30. The fourth-order valence-corrected chi connectivity index (χ4v) is 6.58. The molecule has 4 aliphatic rings. The molecule has 0 spiro atoms. The number of carboxylic acid groups (broad SMARTS) is 1. The van der Waals surface area contributed by atoms with Crippen LogP contribution in [0, 0.1) is 34.5 Å². The molecule has 138 valence electrons. The number of halogens is 1. The molecule has 0 aromatic carbocycles. The van der Waals surface area contributed by atoms with Gasteiger partial charge in [-0.15, -0.1) is 0 Å². The van der Waals surface area contributed by atoms with E-state index in [4.69, 9.17) is 14.9 Å². The summed E-state index contributed by atoms with van der Waals surface area (Å²) in [6, 6.07) is 0. The van der Waals surface area contributed by atoms with Crippen LogP contribution in [0.25, 0.3) is 0 Å². The van der Waals surface area contributed by atoms with E-state index in [-0.39, 0.29) is 23.2 Å². The third-order valence-electron chi connectivity index (χ3n) is 6.49. The molecule has 0 aliphatic heterocycles. The maximum absolute atomic E-state index is 12.2. The molecule has 0 aromatic rings. The van der Waals surface area contributed by atoms with E-state index < -0.39 is 26.8 Å². The Bertz CT molecular complexity index is 625. The van der Waals surface area contributed by atoms with Crippen LogP contribution in [0.2, 0.25) is 0 Å². The number of carboxylic acids is 1. The van der Waals surface area contributed by atoms with Gasteiger partial charge >= 0.3 is 15.3 Å². The lowest BCUT2D eigenvalue weighted by molar-refractivity contribution is -0.196. The Labute approximate surface area is 148 Å². The molecule has 0 amide bonds. The standard InChI is InChI=1S/C17H27ClO5S/c1-16(2,3)5-4-13-12-7-10-6-11(14(12)23-24(18,21)22)9-17(13,8-10)15(19)20/h10-14H,4-9H2,1-3H3,(H,19,20). The molecular formula is C17H27ClO5S. The molecule has 0 saturated heterocycles. The Morgan fingerprint density at radius 1 is 1.29 bits per heavy atom. The number of hydrogen-bond donors (Lipinski definition) is 1. The Morgan fingerprint density at radius 3 is 2.50 bits per heavy atom. The van der Waals surface area contributed by atoms with Crippen LogP contribution in [0.5, 0.6) is 0 Å². The van der Waals surface area contributed by atoms with Crippen molar-refractivity contribution in [2.45, 2.75) is 65.4 Å². The van der Waals surface area contributed by atoms with E-state index in [1.807, 2.05) is 0 Å². The van der Waals surface area contributed by atoms with Crippen molar-refractivity contribution in [3.05, 3.63) is 0 Å². The SMILES string of the molecule is CC(C)(C)CCC1C2CC3CC(CC1(C(=O)O)C3)C2OS(=O)(=O)Cl. The normalized spacial score (nSPS) is 41.6. The van der Waals surface area contributed by atoms with E-state index in [0.717, 1.165) is 32.1 Å². The van der Waals surface area contributed by atoms with Crippen molar-refractivity contribution < 1.29 is 22.5 Å². The molecule has 4 rings (SSSR count). The van der Waals surface area contributed by atoms with Crippen molar-refractivity contribution in [3.63, 3.8) is 0 Å². The second-order valence-electron chi connectivity index (χ2n) is 9.29. The average Bonchev–Trinajstić information content (AvgIpc) is 2.39. The zero-order valence-corrected chi connectivity index (χ0v) is 16.1. The molecule has 0 radical (unpaired) electrons. The highest BCUT2D eigenvalue weighted by Gasteiger charge is 2.64. The molecule has 6 unspecified atom stereocenters. The van der Waals surface area contributed by atoms with Crippen LogP contribution < -0.4 is 0 Å². The van der Waals surface area contributed by atoms with Crippen LogP contribution in [0.4, 0.5) is 0 Å². The summed E-state index contributed by atoms with van der Waals surface area (Å²) >= 11 is 0. The fourth-order valence-electron chi connectivity index (χ4n) is 5.76. The van der Waals surface area contributed by atoms with Crippen LogP contribution in [-0.2, 0) is 18.3 Å². The van der Waals surface area contributed by atoms with Crippen molar-refractivity contribution in [1.82, 2.24) is 0 Å². The van der Waals surface area contributed by atoms with Gasteiger partial charge in [0, 0.05) is 10.7 Å². The summed E-state index contributed by atoms with van der Waals surface area (Å²) in [5.74, 6) is -0.423. The lowest BCUT2D eigenvalue weighted by Gasteiger charge is -2.62. The maximum Gasteiger partial charge on any atom is 0.355 e. The summed E-state index contributed by atoms with van der Waals surface area (Å²) in [4.78, 5) is 12.2. The first-order valence-corrected chi connectivity index (χ1v) is 11.0. The van der Waals surface area contributed by atoms with E-state index in [1.54, 1.807) is 0 Å². The number of aliphatic carboxylic acids is 1. The van der Waals surface area contributed by atoms with Crippen molar-refractivity contribution >= 4 is 26.0 Å². The van der Waals surface area contributed by atoms with Crippen molar-refractivity contribution in [3.8, 4) is 0 Å². The third-order valence-corrected chi connectivity index (χ3v) is 7.16. The van der Waals surface area contributed by atoms with Gasteiger partial charge in [0.1, 0.15) is 0 Å². The van der Waals surface area contributed by atoms with Gasteiger partial charge < -0.3 is 5.11 Å². The number of rotatable bonds is 5. The maximum atomic E-state index is 12.2. The molecular weight excluding hydrogens is 352 g/mol. The van der Waals surface area contributed by atoms with E-state index in [0.29, 0.717) is 12.3 Å².